The first-order valence-electron chi connectivity index (χ1n) is 9.95. The van der Waals surface area contributed by atoms with E-state index in [1.165, 1.54) is 12.1 Å². The Labute approximate surface area is 178 Å². The van der Waals surface area contributed by atoms with Gasteiger partial charge in [-0.3, -0.25) is 10.1 Å². The molecule has 0 unspecified atom stereocenters. The van der Waals surface area contributed by atoms with Gasteiger partial charge in [0.2, 0.25) is 10.0 Å². The summed E-state index contributed by atoms with van der Waals surface area (Å²) >= 11 is 0. The van der Waals surface area contributed by atoms with E-state index in [0.717, 1.165) is 11.3 Å². The van der Waals surface area contributed by atoms with Crippen molar-refractivity contribution in [2.75, 3.05) is 24.5 Å². The van der Waals surface area contributed by atoms with Crippen molar-refractivity contribution in [3.63, 3.8) is 0 Å². The smallest absolute Gasteiger partial charge is 0.269 e. The lowest BCUT2D eigenvalue weighted by atomic mass is 9.87. The molecular formula is C22H29N3O4S. The second-order valence-electron chi connectivity index (χ2n) is 9.36. The summed E-state index contributed by atoms with van der Waals surface area (Å²) in [6.07, 6.45) is 0. The van der Waals surface area contributed by atoms with Gasteiger partial charge >= 0.3 is 0 Å². The Morgan fingerprint density at radius 1 is 0.967 bits per heavy atom. The third-order valence-corrected chi connectivity index (χ3v) is 7.68. The van der Waals surface area contributed by atoms with Crippen molar-refractivity contribution < 1.29 is 13.3 Å². The van der Waals surface area contributed by atoms with Crippen molar-refractivity contribution >= 4 is 21.4 Å². The van der Waals surface area contributed by atoms with Gasteiger partial charge in [-0.25, -0.2) is 8.42 Å². The van der Waals surface area contributed by atoms with Crippen molar-refractivity contribution in [1.29, 1.82) is 0 Å². The van der Waals surface area contributed by atoms with Crippen LogP contribution in [0.2, 0.25) is 0 Å². The monoisotopic (exact) mass is 431 g/mol. The van der Waals surface area contributed by atoms with Crippen molar-refractivity contribution in [3.8, 4) is 0 Å². The molecule has 8 heteroatoms. The summed E-state index contributed by atoms with van der Waals surface area (Å²) < 4.78 is 28.3. The number of non-ortho nitro benzene ring substituents is 1. The number of piperazine rings is 1. The molecule has 1 fully saturated rings. The Hall–Kier alpha value is -2.45. The topological polar surface area (TPSA) is 83.8 Å². The first-order chi connectivity index (χ1) is 13.8. The van der Waals surface area contributed by atoms with Gasteiger partial charge in [0, 0.05) is 43.0 Å². The van der Waals surface area contributed by atoms with Crippen LogP contribution in [-0.2, 0) is 15.4 Å². The molecule has 7 nitrogen and oxygen atoms in total. The van der Waals surface area contributed by atoms with Crippen LogP contribution in [-0.4, -0.2) is 42.8 Å². The van der Waals surface area contributed by atoms with Gasteiger partial charge in [-0.1, -0.05) is 32.9 Å². The van der Waals surface area contributed by atoms with E-state index in [1.54, 1.807) is 28.6 Å². The predicted octanol–water partition coefficient (Wildman–Crippen LogP) is 4.18. The zero-order valence-electron chi connectivity index (χ0n) is 18.1. The summed E-state index contributed by atoms with van der Waals surface area (Å²) in [6, 6.07) is 13.5. The van der Waals surface area contributed by atoms with Crippen LogP contribution in [0.3, 0.4) is 0 Å². The Kier molecular flexibility index (Phi) is 5.68. The Bertz CT molecular complexity index is 1020. The van der Waals surface area contributed by atoms with E-state index in [9.17, 15) is 18.5 Å². The van der Waals surface area contributed by atoms with Crippen LogP contribution in [0.15, 0.2) is 53.4 Å². The van der Waals surface area contributed by atoms with Crippen LogP contribution in [0, 0.1) is 10.1 Å². The molecular weight excluding hydrogens is 402 g/mol. The van der Waals surface area contributed by atoms with Crippen molar-refractivity contribution in [3.05, 3.63) is 64.2 Å². The number of benzene rings is 2. The van der Waals surface area contributed by atoms with Crippen LogP contribution in [0.4, 0.5) is 11.4 Å². The summed E-state index contributed by atoms with van der Waals surface area (Å²) in [4.78, 5) is 12.8. The van der Waals surface area contributed by atoms with Crippen LogP contribution in [0.5, 0.6) is 0 Å². The van der Waals surface area contributed by atoms with E-state index in [1.807, 2.05) is 26.0 Å². The average Bonchev–Trinajstić information content (AvgIpc) is 2.66. The van der Waals surface area contributed by atoms with Gasteiger partial charge < -0.3 is 4.90 Å². The summed E-state index contributed by atoms with van der Waals surface area (Å²) in [7, 11) is -3.64. The van der Waals surface area contributed by atoms with Crippen LogP contribution < -0.4 is 4.90 Å². The maximum atomic E-state index is 13.4. The molecule has 1 aliphatic rings. The molecule has 2 aromatic carbocycles. The molecule has 0 spiro atoms. The second-order valence-corrected chi connectivity index (χ2v) is 11.2. The van der Waals surface area contributed by atoms with E-state index in [2.05, 4.69) is 25.7 Å². The molecule has 0 bridgehead atoms. The largest absolute Gasteiger partial charge is 0.368 e. The summed E-state index contributed by atoms with van der Waals surface area (Å²) in [5, 5.41) is 10.9. The van der Waals surface area contributed by atoms with E-state index in [0.29, 0.717) is 24.5 Å². The minimum Gasteiger partial charge on any atom is -0.368 e. The van der Waals surface area contributed by atoms with Crippen LogP contribution in [0.1, 0.15) is 40.2 Å². The molecule has 1 heterocycles. The van der Waals surface area contributed by atoms with Gasteiger partial charge in [0.05, 0.1) is 9.82 Å². The highest BCUT2D eigenvalue weighted by Gasteiger charge is 2.41. The number of hydrogen-bond acceptors (Lipinski definition) is 5. The Balaban J connectivity index is 1.82. The van der Waals surface area contributed by atoms with Gasteiger partial charge in [0.1, 0.15) is 0 Å². The van der Waals surface area contributed by atoms with Crippen molar-refractivity contribution in [1.82, 2.24) is 4.31 Å². The normalized spacial score (nSPS) is 17.7. The minimum absolute atomic E-state index is 0.0397. The SMILES string of the molecule is CC(C)(C)c1ccc(S(=O)(=O)N2CCN(c3ccc([N+](=O)[O-])cc3)CC2(C)C)cc1. The standard InChI is InChI=1S/C22H29N3O4S/c1-21(2,3)17-6-12-20(13-7-17)30(28,29)24-15-14-23(16-22(24,4)5)18-8-10-19(11-9-18)25(26)27/h6-13H,14-16H2,1-5H3. The quantitative estimate of drug-likeness (QED) is 0.536. The minimum atomic E-state index is -3.64. The Morgan fingerprint density at radius 2 is 1.53 bits per heavy atom. The maximum absolute atomic E-state index is 13.4. The highest BCUT2D eigenvalue weighted by Crippen LogP contribution is 2.32. The number of hydrogen-bond donors (Lipinski definition) is 0. The van der Waals surface area contributed by atoms with Gasteiger partial charge in [-0.2, -0.15) is 4.31 Å². The molecule has 2 aromatic rings. The molecule has 1 saturated heterocycles. The Morgan fingerprint density at radius 3 is 2.00 bits per heavy atom. The lowest BCUT2D eigenvalue weighted by Gasteiger charge is -2.46. The number of nitro benzene ring substituents is 1. The fourth-order valence-electron chi connectivity index (χ4n) is 3.84. The molecule has 30 heavy (non-hydrogen) atoms. The molecule has 0 saturated carbocycles. The molecule has 0 radical (unpaired) electrons. The van der Waals surface area contributed by atoms with Gasteiger partial charge in [0.25, 0.3) is 5.69 Å². The average molecular weight is 432 g/mol. The molecule has 162 valence electrons. The van der Waals surface area contributed by atoms with E-state index >= 15 is 0 Å². The fraction of sp³-hybridized carbons (Fsp3) is 0.455. The van der Waals surface area contributed by atoms with E-state index in [-0.39, 0.29) is 11.1 Å². The zero-order chi connectivity index (χ0) is 22.3. The number of sulfonamides is 1. The van der Waals surface area contributed by atoms with Crippen molar-refractivity contribution in [2.24, 2.45) is 0 Å². The number of rotatable bonds is 4. The summed E-state index contributed by atoms with van der Waals surface area (Å²) in [5.41, 5.74) is 1.29. The first kappa shape index (κ1) is 22.2. The molecule has 0 amide bonds. The maximum Gasteiger partial charge on any atom is 0.269 e. The van der Waals surface area contributed by atoms with Crippen LogP contribution >= 0.6 is 0 Å². The molecule has 0 aliphatic carbocycles. The lowest BCUT2D eigenvalue weighted by molar-refractivity contribution is -0.384. The van der Waals surface area contributed by atoms with Gasteiger partial charge in [-0.15, -0.1) is 0 Å². The van der Waals surface area contributed by atoms with Crippen LogP contribution in [0.25, 0.3) is 0 Å². The molecule has 3 rings (SSSR count). The highest BCUT2D eigenvalue weighted by molar-refractivity contribution is 7.89. The number of nitro groups is 1. The fourth-order valence-corrected chi connectivity index (χ4v) is 5.61. The molecule has 0 N–H and O–H groups in total. The van der Waals surface area contributed by atoms with E-state index in [4.69, 9.17) is 0 Å². The summed E-state index contributed by atoms with van der Waals surface area (Å²) in [5.74, 6) is 0. The third-order valence-electron chi connectivity index (χ3n) is 5.56. The lowest BCUT2D eigenvalue weighted by Crippen LogP contribution is -2.61. The zero-order valence-corrected chi connectivity index (χ0v) is 18.9. The number of nitrogens with zero attached hydrogens (tertiary/aromatic N) is 3. The first-order valence-corrected chi connectivity index (χ1v) is 11.4. The number of anilines is 1. The molecule has 0 atom stereocenters. The molecule has 0 aromatic heterocycles. The van der Waals surface area contributed by atoms with Crippen molar-refractivity contribution in [2.45, 2.75) is 50.5 Å². The van der Waals surface area contributed by atoms with E-state index < -0.39 is 20.5 Å². The second kappa shape index (κ2) is 7.67. The van der Waals surface area contributed by atoms with Gasteiger partial charge in [-0.05, 0) is 49.1 Å². The summed E-state index contributed by atoms with van der Waals surface area (Å²) in [6.45, 7) is 11.4. The highest BCUT2D eigenvalue weighted by atomic mass is 32.2. The third kappa shape index (κ3) is 4.34. The van der Waals surface area contributed by atoms with Gasteiger partial charge in [0.15, 0.2) is 0 Å². The predicted molar refractivity (Wildman–Crippen MR) is 118 cm³/mol. The molecule has 1 aliphatic heterocycles.